The van der Waals surface area contributed by atoms with Crippen LogP contribution in [0.5, 0.6) is 5.75 Å². The van der Waals surface area contributed by atoms with Crippen LogP contribution in [0.2, 0.25) is 0 Å². The Morgan fingerprint density at radius 3 is 2.52 bits per heavy atom. The van der Waals surface area contributed by atoms with Crippen molar-refractivity contribution in [2.45, 2.75) is 19.2 Å². The number of ether oxygens (including phenoxy) is 1. The third-order valence-corrected chi connectivity index (χ3v) is 6.51. The molecular formula is C25H24N2O3S. The number of para-hydroxylation sites is 1. The lowest BCUT2D eigenvalue weighted by molar-refractivity contribution is -0.118. The molecule has 5 nitrogen and oxygen atoms in total. The van der Waals surface area contributed by atoms with Gasteiger partial charge in [0.2, 0.25) is 5.91 Å². The third-order valence-electron chi connectivity index (χ3n) is 5.30. The van der Waals surface area contributed by atoms with Gasteiger partial charge in [-0.1, -0.05) is 42.5 Å². The molecule has 0 aliphatic carbocycles. The summed E-state index contributed by atoms with van der Waals surface area (Å²) in [5, 5.41) is 2.76. The Morgan fingerprint density at radius 2 is 1.77 bits per heavy atom. The van der Waals surface area contributed by atoms with Crippen LogP contribution in [0.4, 0.5) is 11.4 Å². The molecule has 6 heteroatoms. The van der Waals surface area contributed by atoms with Crippen molar-refractivity contribution in [2.24, 2.45) is 0 Å². The van der Waals surface area contributed by atoms with E-state index in [0.29, 0.717) is 17.2 Å². The van der Waals surface area contributed by atoms with Crippen molar-refractivity contribution in [3.8, 4) is 5.75 Å². The number of benzene rings is 3. The van der Waals surface area contributed by atoms with Crippen LogP contribution in [0.25, 0.3) is 0 Å². The van der Waals surface area contributed by atoms with Crippen LogP contribution in [0.3, 0.4) is 0 Å². The molecule has 0 unspecified atom stereocenters. The zero-order valence-electron chi connectivity index (χ0n) is 17.5. The van der Waals surface area contributed by atoms with Gasteiger partial charge in [-0.15, -0.1) is 11.8 Å². The number of nitrogens with zero attached hydrogens (tertiary/aromatic N) is 1. The van der Waals surface area contributed by atoms with Gasteiger partial charge in [0.15, 0.2) is 6.61 Å². The summed E-state index contributed by atoms with van der Waals surface area (Å²) in [4.78, 5) is 26.7. The van der Waals surface area contributed by atoms with Gasteiger partial charge in [-0.2, -0.15) is 0 Å². The highest BCUT2D eigenvalue weighted by atomic mass is 32.2. The van der Waals surface area contributed by atoms with Crippen molar-refractivity contribution >= 4 is 35.0 Å². The molecule has 3 aromatic rings. The first-order valence-corrected chi connectivity index (χ1v) is 11.2. The predicted octanol–water partition coefficient (Wildman–Crippen LogP) is 5.10. The number of hydrogen-bond acceptors (Lipinski definition) is 4. The average Bonchev–Trinajstić information content (AvgIpc) is 3.16. The van der Waals surface area contributed by atoms with E-state index in [4.69, 9.17) is 4.74 Å². The molecule has 0 saturated carbocycles. The normalized spacial score (nSPS) is 15.7. The number of anilines is 2. The Morgan fingerprint density at radius 1 is 1.03 bits per heavy atom. The summed E-state index contributed by atoms with van der Waals surface area (Å²) < 4.78 is 5.48. The van der Waals surface area contributed by atoms with Gasteiger partial charge in [0.05, 0.1) is 5.75 Å². The molecular weight excluding hydrogens is 408 g/mol. The molecule has 0 radical (unpaired) electrons. The van der Waals surface area contributed by atoms with E-state index >= 15 is 0 Å². The van der Waals surface area contributed by atoms with E-state index in [9.17, 15) is 9.59 Å². The zero-order valence-corrected chi connectivity index (χ0v) is 18.3. The molecule has 2 amide bonds. The third kappa shape index (κ3) is 4.75. The van der Waals surface area contributed by atoms with E-state index in [1.54, 1.807) is 11.8 Å². The first kappa shape index (κ1) is 21.0. The number of carbonyl (C=O) groups excluding carboxylic acids is 2. The molecule has 1 fully saturated rings. The molecule has 4 rings (SSSR count). The maximum atomic E-state index is 12.7. The van der Waals surface area contributed by atoms with Gasteiger partial charge in [-0.05, 0) is 60.9 Å². The maximum absolute atomic E-state index is 12.7. The summed E-state index contributed by atoms with van der Waals surface area (Å²) in [6.07, 6.45) is 0. The molecule has 1 atom stereocenters. The number of rotatable bonds is 6. The van der Waals surface area contributed by atoms with Crippen LogP contribution in [0, 0.1) is 13.8 Å². The molecule has 3 aromatic carbocycles. The Balaban J connectivity index is 1.44. The van der Waals surface area contributed by atoms with Crippen molar-refractivity contribution in [3.05, 3.63) is 89.5 Å². The van der Waals surface area contributed by atoms with E-state index in [0.717, 1.165) is 22.4 Å². The van der Waals surface area contributed by atoms with Crippen molar-refractivity contribution in [1.29, 1.82) is 0 Å². The van der Waals surface area contributed by atoms with Crippen LogP contribution in [-0.2, 0) is 9.59 Å². The quantitative estimate of drug-likeness (QED) is 0.589. The summed E-state index contributed by atoms with van der Waals surface area (Å²) in [6.45, 7) is 4.05. The summed E-state index contributed by atoms with van der Waals surface area (Å²) in [5.74, 6) is 0.994. The molecule has 1 aliphatic heterocycles. The van der Waals surface area contributed by atoms with Gasteiger partial charge in [-0.25, -0.2) is 0 Å². The van der Waals surface area contributed by atoms with Gasteiger partial charge in [-0.3, -0.25) is 14.5 Å². The van der Waals surface area contributed by atoms with E-state index in [1.165, 1.54) is 0 Å². The predicted molar refractivity (Wildman–Crippen MR) is 126 cm³/mol. The van der Waals surface area contributed by atoms with E-state index < -0.39 is 0 Å². The molecule has 31 heavy (non-hydrogen) atoms. The second-order valence-electron chi connectivity index (χ2n) is 7.42. The highest BCUT2D eigenvalue weighted by molar-refractivity contribution is 8.00. The number of amides is 2. The van der Waals surface area contributed by atoms with Gasteiger partial charge in [0.25, 0.3) is 5.91 Å². The lowest BCUT2D eigenvalue weighted by Crippen LogP contribution is -2.28. The molecule has 0 spiro atoms. The largest absolute Gasteiger partial charge is 0.484 e. The minimum atomic E-state index is -0.223. The Bertz CT molecular complexity index is 1080. The fraction of sp³-hybridized carbons (Fsp3) is 0.200. The zero-order chi connectivity index (χ0) is 21.8. The van der Waals surface area contributed by atoms with E-state index in [1.807, 2.05) is 78.6 Å². The maximum Gasteiger partial charge on any atom is 0.262 e. The number of nitrogens with one attached hydrogen (secondary N) is 1. The topological polar surface area (TPSA) is 58.6 Å². The second kappa shape index (κ2) is 9.27. The highest BCUT2D eigenvalue weighted by Crippen LogP contribution is 2.43. The lowest BCUT2D eigenvalue weighted by Gasteiger charge is -2.26. The fourth-order valence-electron chi connectivity index (χ4n) is 3.52. The molecule has 1 heterocycles. The minimum absolute atomic E-state index is 0.0564. The Labute approximate surface area is 186 Å². The van der Waals surface area contributed by atoms with E-state index in [-0.39, 0.29) is 23.8 Å². The van der Waals surface area contributed by atoms with Crippen LogP contribution in [0.15, 0.2) is 72.8 Å². The van der Waals surface area contributed by atoms with E-state index in [2.05, 4.69) is 18.3 Å². The van der Waals surface area contributed by atoms with Crippen LogP contribution >= 0.6 is 11.8 Å². The molecule has 0 bridgehead atoms. The first-order valence-electron chi connectivity index (χ1n) is 10.1. The summed E-state index contributed by atoms with van der Waals surface area (Å²) in [7, 11) is 0. The molecule has 1 aliphatic rings. The second-order valence-corrected chi connectivity index (χ2v) is 8.49. The van der Waals surface area contributed by atoms with Crippen molar-refractivity contribution in [3.63, 3.8) is 0 Å². The first-order chi connectivity index (χ1) is 15.0. The number of carbonyl (C=O) groups is 2. The minimum Gasteiger partial charge on any atom is -0.484 e. The monoisotopic (exact) mass is 432 g/mol. The summed E-state index contributed by atoms with van der Waals surface area (Å²) in [5.41, 5.74) is 4.95. The fourth-order valence-corrected chi connectivity index (χ4v) is 4.69. The Hall–Kier alpha value is -3.25. The standard InChI is InChI=1S/C25H24N2O3S/c1-17-7-6-10-22(18(17)2)27-24(29)16-31-25(27)19-11-13-20(14-12-19)26-23(28)15-30-21-8-4-3-5-9-21/h3-14,25H,15-16H2,1-2H3,(H,26,28)/t25-/m1/s1. The summed E-state index contributed by atoms with van der Waals surface area (Å²) >= 11 is 1.62. The number of aryl methyl sites for hydroxylation is 1. The van der Waals surface area contributed by atoms with Crippen molar-refractivity contribution < 1.29 is 14.3 Å². The average molecular weight is 433 g/mol. The number of thioether (sulfide) groups is 1. The molecule has 158 valence electrons. The summed E-state index contributed by atoms with van der Waals surface area (Å²) in [6, 6.07) is 22.9. The van der Waals surface area contributed by atoms with Crippen LogP contribution in [-0.4, -0.2) is 24.2 Å². The van der Waals surface area contributed by atoms with Gasteiger partial charge in [0, 0.05) is 11.4 Å². The van der Waals surface area contributed by atoms with Gasteiger partial charge in [0.1, 0.15) is 11.1 Å². The SMILES string of the molecule is Cc1cccc(N2C(=O)CS[C@@H]2c2ccc(NC(=O)COc3ccccc3)cc2)c1C. The van der Waals surface area contributed by atoms with Gasteiger partial charge < -0.3 is 10.1 Å². The number of hydrogen-bond donors (Lipinski definition) is 1. The van der Waals surface area contributed by atoms with Crippen LogP contribution < -0.4 is 15.0 Å². The smallest absolute Gasteiger partial charge is 0.262 e. The van der Waals surface area contributed by atoms with Gasteiger partial charge >= 0.3 is 0 Å². The van der Waals surface area contributed by atoms with Crippen LogP contribution in [0.1, 0.15) is 22.1 Å². The highest BCUT2D eigenvalue weighted by Gasteiger charge is 2.34. The molecule has 1 saturated heterocycles. The Kier molecular flexibility index (Phi) is 6.28. The molecule has 0 aromatic heterocycles. The lowest BCUT2D eigenvalue weighted by atomic mass is 10.1. The molecule has 1 N–H and O–H groups in total. The van der Waals surface area contributed by atoms with Crippen molar-refractivity contribution in [2.75, 3.05) is 22.6 Å². The van der Waals surface area contributed by atoms with Crippen molar-refractivity contribution in [1.82, 2.24) is 0 Å².